The van der Waals surface area contributed by atoms with E-state index in [0.717, 1.165) is 28.0 Å². The van der Waals surface area contributed by atoms with Gasteiger partial charge in [-0.3, -0.25) is 4.79 Å². The van der Waals surface area contributed by atoms with Crippen LogP contribution in [0.15, 0.2) is 84.9 Å². The molecule has 0 aliphatic carbocycles. The van der Waals surface area contributed by atoms with Crippen LogP contribution in [-0.4, -0.2) is 15.5 Å². The van der Waals surface area contributed by atoms with Gasteiger partial charge in [0.15, 0.2) is 0 Å². The molecular formula is C25H23N3O. The number of carbonyl (C=O) groups excluding carboxylic acids is 1. The van der Waals surface area contributed by atoms with Gasteiger partial charge in [0, 0.05) is 13.1 Å². The SMILES string of the molecule is Cc1ccc(/C=C/C(=O)NC(c2ccccc2)c2nc3ccccc3n2C)cc1. The third kappa shape index (κ3) is 4.11. The fourth-order valence-corrected chi connectivity index (χ4v) is 3.40. The van der Waals surface area contributed by atoms with Crippen molar-refractivity contribution in [2.24, 2.45) is 7.05 Å². The minimum absolute atomic E-state index is 0.161. The summed E-state index contributed by atoms with van der Waals surface area (Å²) in [6.45, 7) is 2.04. The van der Waals surface area contributed by atoms with Crippen molar-refractivity contribution < 1.29 is 4.79 Å². The van der Waals surface area contributed by atoms with Gasteiger partial charge in [0.2, 0.25) is 5.91 Å². The summed E-state index contributed by atoms with van der Waals surface area (Å²) in [4.78, 5) is 17.5. The highest BCUT2D eigenvalue weighted by atomic mass is 16.1. The zero-order valence-electron chi connectivity index (χ0n) is 16.5. The topological polar surface area (TPSA) is 46.9 Å². The number of nitrogens with one attached hydrogen (secondary N) is 1. The fourth-order valence-electron chi connectivity index (χ4n) is 3.40. The Hall–Kier alpha value is -3.66. The first-order chi connectivity index (χ1) is 14.1. The van der Waals surface area contributed by atoms with Gasteiger partial charge in [-0.05, 0) is 36.3 Å². The highest BCUT2D eigenvalue weighted by Crippen LogP contribution is 2.25. The van der Waals surface area contributed by atoms with Gasteiger partial charge in [-0.2, -0.15) is 0 Å². The average molecular weight is 381 g/mol. The lowest BCUT2D eigenvalue weighted by Gasteiger charge is -2.18. The fraction of sp³-hybridized carbons (Fsp3) is 0.120. The molecule has 4 aromatic rings. The molecule has 0 bridgehead atoms. The first-order valence-corrected chi connectivity index (χ1v) is 9.63. The zero-order valence-corrected chi connectivity index (χ0v) is 16.5. The molecule has 0 spiro atoms. The molecule has 3 aromatic carbocycles. The number of hydrogen-bond donors (Lipinski definition) is 1. The Balaban J connectivity index is 1.65. The standard InChI is InChI=1S/C25H23N3O/c1-18-12-14-19(15-13-18)16-17-23(29)27-24(20-8-4-3-5-9-20)25-26-21-10-6-7-11-22(21)28(25)2/h3-17,24H,1-2H3,(H,27,29)/b17-16+. The van der Waals surface area contributed by atoms with Gasteiger partial charge in [-0.1, -0.05) is 72.3 Å². The highest BCUT2D eigenvalue weighted by Gasteiger charge is 2.21. The lowest BCUT2D eigenvalue weighted by atomic mass is 10.1. The summed E-state index contributed by atoms with van der Waals surface area (Å²) < 4.78 is 2.04. The number of para-hydroxylation sites is 2. The lowest BCUT2D eigenvalue weighted by molar-refractivity contribution is -0.117. The van der Waals surface area contributed by atoms with E-state index in [1.54, 1.807) is 6.08 Å². The summed E-state index contributed by atoms with van der Waals surface area (Å²) in [5, 5.41) is 3.12. The third-order valence-corrected chi connectivity index (χ3v) is 5.00. The summed E-state index contributed by atoms with van der Waals surface area (Å²) in [5.74, 6) is 0.640. The van der Waals surface area contributed by atoms with E-state index in [0.29, 0.717) is 0 Å². The predicted octanol–water partition coefficient (Wildman–Crippen LogP) is 4.80. The van der Waals surface area contributed by atoms with Gasteiger partial charge in [-0.15, -0.1) is 0 Å². The van der Waals surface area contributed by atoms with Crippen LogP contribution in [0.5, 0.6) is 0 Å². The number of nitrogens with zero attached hydrogens (tertiary/aromatic N) is 2. The quantitative estimate of drug-likeness (QED) is 0.505. The van der Waals surface area contributed by atoms with Gasteiger partial charge in [0.25, 0.3) is 0 Å². The maximum Gasteiger partial charge on any atom is 0.244 e. The van der Waals surface area contributed by atoms with E-state index in [1.807, 2.05) is 103 Å². The number of benzene rings is 3. The molecule has 29 heavy (non-hydrogen) atoms. The van der Waals surface area contributed by atoms with Gasteiger partial charge >= 0.3 is 0 Å². The third-order valence-electron chi connectivity index (χ3n) is 5.00. The van der Waals surface area contributed by atoms with Crippen LogP contribution in [0.3, 0.4) is 0 Å². The molecule has 0 radical (unpaired) electrons. The number of carbonyl (C=O) groups is 1. The van der Waals surface area contributed by atoms with Crippen molar-refractivity contribution in [3.63, 3.8) is 0 Å². The lowest BCUT2D eigenvalue weighted by Crippen LogP contribution is -2.29. The van der Waals surface area contributed by atoms with Crippen molar-refractivity contribution in [2.75, 3.05) is 0 Å². The van der Waals surface area contributed by atoms with Crippen LogP contribution in [0.2, 0.25) is 0 Å². The van der Waals surface area contributed by atoms with E-state index in [9.17, 15) is 4.79 Å². The summed E-state index contributed by atoms with van der Waals surface area (Å²) in [6.07, 6.45) is 3.40. The van der Waals surface area contributed by atoms with Crippen LogP contribution in [0.25, 0.3) is 17.1 Å². The first-order valence-electron chi connectivity index (χ1n) is 9.63. The second-order valence-electron chi connectivity index (χ2n) is 7.11. The van der Waals surface area contributed by atoms with Crippen molar-refractivity contribution in [1.29, 1.82) is 0 Å². The highest BCUT2D eigenvalue weighted by molar-refractivity contribution is 5.92. The van der Waals surface area contributed by atoms with E-state index < -0.39 is 0 Å². The van der Waals surface area contributed by atoms with Crippen molar-refractivity contribution in [1.82, 2.24) is 14.9 Å². The van der Waals surface area contributed by atoms with Crippen molar-refractivity contribution in [3.05, 3.63) is 107 Å². The van der Waals surface area contributed by atoms with Gasteiger partial charge < -0.3 is 9.88 Å². The minimum atomic E-state index is -0.344. The Morgan fingerprint density at radius 1 is 0.966 bits per heavy atom. The van der Waals surface area contributed by atoms with E-state index >= 15 is 0 Å². The molecule has 0 saturated heterocycles. The molecule has 144 valence electrons. The Bertz CT molecular complexity index is 1160. The van der Waals surface area contributed by atoms with Crippen LogP contribution in [0, 0.1) is 6.92 Å². The predicted molar refractivity (Wildman–Crippen MR) is 117 cm³/mol. The summed E-state index contributed by atoms with van der Waals surface area (Å²) >= 11 is 0. The molecule has 1 aromatic heterocycles. The number of aromatic nitrogens is 2. The van der Waals surface area contributed by atoms with Crippen molar-refractivity contribution in [3.8, 4) is 0 Å². The maximum absolute atomic E-state index is 12.7. The van der Waals surface area contributed by atoms with E-state index in [4.69, 9.17) is 4.98 Å². The first kappa shape index (κ1) is 18.7. The molecule has 0 fully saturated rings. The Labute approximate surface area is 170 Å². The number of hydrogen-bond acceptors (Lipinski definition) is 2. The molecule has 1 unspecified atom stereocenters. The average Bonchev–Trinajstić information content (AvgIpc) is 3.09. The molecule has 0 saturated carbocycles. The van der Waals surface area contributed by atoms with E-state index in [1.165, 1.54) is 5.56 Å². The van der Waals surface area contributed by atoms with Gasteiger partial charge in [0.1, 0.15) is 11.9 Å². The molecule has 4 nitrogen and oxygen atoms in total. The molecule has 1 atom stereocenters. The Morgan fingerprint density at radius 3 is 2.38 bits per heavy atom. The van der Waals surface area contributed by atoms with Crippen LogP contribution in [0.1, 0.15) is 28.6 Å². The Morgan fingerprint density at radius 2 is 1.66 bits per heavy atom. The number of imidazole rings is 1. The summed E-state index contributed by atoms with van der Waals surface area (Å²) in [6, 6.07) is 25.6. The van der Waals surface area contributed by atoms with Crippen molar-refractivity contribution >= 4 is 23.0 Å². The number of amides is 1. The van der Waals surface area contributed by atoms with Crippen LogP contribution < -0.4 is 5.32 Å². The zero-order chi connectivity index (χ0) is 20.2. The van der Waals surface area contributed by atoms with Crippen LogP contribution in [-0.2, 0) is 11.8 Å². The smallest absolute Gasteiger partial charge is 0.244 e. The number of aryl methyl sites for hydroxylation is 2. The molecular weight excluding hydrogens is 358 g/mol. The second kappa shape index (κ2) is 8.15. The summed E-state index contributed by atoms with van der Waals surface area (Å²) in [5.41, 5.74) is 5.12. The molecule has 0 aliphatic heterocycles. The molecule has 0 aliphatic rings. The Kier molecular flexibility index (Phi) is 5.25. The summed E-state index contributed by atoms with van der Waals surface area (Å²) in [7, 11) is 1.98. The maximum atomic E-state index is 12.7. The minimum Gasteiger partial charge on any atom is -0.339 e. The van der Waals surface area contributed by atoms with Crippen molar-refractivity contribution in [2.45, 2.75) is 13.0 Å². The normalized spacial score (nSPS) is 12.3. The van der Waals surface area contributed by atoms with Crippen LogP contribution >= 0.6 is 0 Å². The van der Waals surface area contributed by atoms with Crippen LogP contribution in [0.4, 0.5) is 0 Å². The molecule has 1 amide bonds. The van der Waals surface area contributed by atoms with Gasteiger partial charge in [-0.25, -0.2) is 4.98 Å². The second-order valence-corrected chi connectivity index (χ2v) is 7.11. The molecule has 1 heterocycles. The largest absolute Gasteiger partial charge is 0.339 e. The molecule has 1 N–H and O–H groups in total. The van der Waals surface area contributed by atoms with E-state index in [-0.39, 0.29) is 11.9 Å². The molecule has 4 heteroatoms. The molecule has 4 rings (SSSR count). The van der Waals surface area contributed by atoms with Gasteiger partial charge in [0.05, 0.1) is 11.0 Å². The monoisotopic (exact) mass is 381 g/mol. The van der Waals surface area contributed by atoms with E-state index in [2.05, 4.69) is 5.32 Å². The number of rotatable bonds is 5. The number of fused-ring (bicyclic) bond motifs is 1.